The summed E-state index contributed by atoms with van der Waals surface area (Å²) in [5.41, 5.74) is 13.2. The molecule has 18 heavy (non-hydrogen) atoms. The van der Waals surface area contributed by atoms with Gasteiger partial charge in [0.1, 0.15) is 0 Å². The number of hydrogen-bond acceptors (Lipinski definition) is 3. The highest BCUT2D eigenvalue weighted by molar-refractivity contribution is 7.99. The second-order valence-electron chi connectivity index (χ2n) is 5.74. The topological polar surface area (TPSA) is 52.0 Å². The van der Waals surface area contributed by atoms with Gasteiger partial charge >= 0.3 is 0 Å². The van der Waals surface area contributed by atoms with Crippen LogP contribution in [0.4, 0.5) is 0 Å². The van der Waals surface area contributed by atoms with Crippen LogP contribution in [0, 0.1) is 5.41 Å². The first kappa shape index (κ1) is 15.5. The van der Waals surface area contributed by atoms with Crippen molar-refractivity contribution in [3.05, 3.63) is 29.8 Å². The van der Waals surface area contributed by atoms with Crippen LogP contribution in [0.25, 0.3) is 0 Å². The van der Waals surface area contributed by atoms with Gasteiger partial charge in [-0.15, -0.1) is 11.8 Å². The Morgan fingerprint density at radius 1 is 1.17 bits per heavy atom. The van der Waals surface area contributed by atoms with E-state index in [-0.39, 0.29) is 11.5 Å². The lowest BCUT2D eigenvalue weighted by Crippen LogP contribution is -2.31. The second kappa shape index (κ2) is 6.60. The smallest absolute Gasteiger partial charge is 0.0347 e. The minimum absolute atomic E-state index is 0.0409. The zero-order valence-electron chi connectivity index (χ0n) is 11.9. The van der Waals surface area contributed by atoms with E-state index < -0.39 is 0 Å². The van der Waals surface area contributed by atoms with Gasteiger partial charge in [0, 0.05) is 16.2 Å². The lowest BCUT2D eigenvalue weighted by Gasteiger charge is -2.31. The second-order valence-corrected chi connectivity index (χ2v) is 7.39. The zero-order valence-corrected chi connectivity index (χ0v) is 12.8. The van der Waals surface area contributed by atoms with E-state index in [9.17, 15) is 0 Å². The van der Waals surface area contributed by atoms with Crippen LogP contribution in [0.2, 0.25) is 0 Å². The molecule has 0 heterocycles. The van der Waals surface area contributed by atoms with Gasteiger partial charge in [-0.2, -0.15) is 0 Å². The summed E-state index contributed by atoms with van der Waals surface area (Å²) in [6.45, 7) is 9.45. The monoisotopic (exact) mass is 266 g/mol. The van der Waals surface area contributed by atoms with Crippen molar-refractivity contribution >= 4 is 11.8 Å². The molecule has 1 unspecified atom stereocenters. The standard InChI is InChI=1S/C15H26N2S/c1-11(2)18-13-7-5-12(6-8-13)14(17)15(3,4)9-10-16/h5-8,11,14H,9-10,16-17H2,1-4H3. The summed E-state index contributed by atoms with van der Waals surface area (Å²) in [6, 6.07) is 8.66. The van der Waals surface area contributed by atoms with Gasteiger partial charge in [-0.05, 0) is 36.1 Å². The molecular weight excluding hydrogens is 240 g/mol. The Hall–Kier alpha value is -0.510. The Bertz CT molecular complexity index is 357. The largest absolute Gasteiger partial charge is 0.330 e. The quantitative estimate of drug-likeness (QED) is 0.774. The SMILES string of the molecule is CC(C)Sc1ccc(C(N)C(C)(C)CCN)cc1. The minimum Gasteiger partial charge on any atom is -0.330 e. The van der Waals surface area contributed by atoms with E-state index in [4.69, 9.17) is 11.5 Å². The summed E-state index contributed by atoms with van der Waals surface area (Å²) < 4.78 is 0. The molecular formula is C15H26N2S. The maximum absolute atomic E-state index is 6.35. The predicted octanol–water partition coefficient (Wildman–Crippen LogP) is 3.56. The van der Waals surface area contributed by atoms with Crippen LogP contribution in [0.5, 0.6) is 0 Å². The van der Waals surface area contributed by atoms with Crippen LogP contribution in [-0.2, 0) is 0 Å². The van der Waals surface area contributed by atoms with Gasteiger partial charge < -0.3 is 11.5 Å². The first-order chi connectivity index (χ1) is 8.36. The van der Waals surface area contributed by atoms with Gasteiger partial charge in [0.25, 0.3) is 0 Å². The van der Waals surface area contributed by atoms with Gasteiger partial charge in [-0.3, -0.25) is 0 Å². The van der Waals surface area contributed by atoms with Crippen molar-refractivity contribution in [1.29, 1.82) is 0 Å². The van der Waals surface area contributed by atoms with E-state index in [1.54, 1.807) is 0 Å². The lowest BCUT2D eigenvalue weighted by atomic mass is 9.78. The van der Waals surface area contributed by atoms with Crippen molar-refractivity contribution < 1.29 is 0 Å². The number of rotatable bonds is 6. The molecule has 0 saturated heterocycles. The summed E-state index contributed by atoms with van der Waals surface area (Å²) >= 11 is 1.88. The van der Waals surface area contributed by atoms with E-state index in [0.29, 0.717) is 11.8 Å². The number of benzene rings is 1. The molecule has 0 amide bonds. The van der Waals surface area contributed by atoms with E-state index in [1.807, 2.05) is 11.8 Å². The number of nitrogens with two attached hydrogens (primary N) is 2. The molecule has 3 heteroatoms. The molecule has 0 aliphatic carbocycles. The van der Waals surface area contributed by atoms with Crippen molar-refractivity contribution in [3.63, 3.8) is 0 Å². The van der Waals surface area contributed by atoms with Gasteiger partial charge in [-0.1, -0.05) is 39.8 Å². The van der Waals surface area contributed by atoms with Crippen LogP contribution in [-0.4, -0.2) is 11.8 Å². The molecule has 1 rings (SSSR count). The number of thioether (sulfide) groups is 1. The summed E-state index contributed by atoms with van der Waals surface area (Å²) in [4.78, 5) is 1.30. The molecule has 0 radical (unpaired) electrons. The van der Waals surface area contributed by atoms with Gasteiger partial charge in [0.05, 0.1) is 0 Å². The van der Waals surface area contributed by atoms with E-state index in [1.165, 1.54) is 10.5 Å². The normalized spacial score (nSPS) is 13.9. The highest BCUT2D eigenvalue weighted by Gasteiger charge is 2.26. The van der Waals surface area contributed by atoms with E-state index in [0.717, 1.165) is 6.42 Å². The third-order valence-electron chi connectivity index (χ3n) is 3.24. The van der Waals surface area contributed by atoms with Crippen molar-refractivity contribution in [3.8, 4) is 0 Å². The van der Waals surface area contributed by atoms with Crippen molar-refractivity contribution in [2.24, 2.45) is 16.9 Å². The van der Waals surface area contributed by atoms with Gasteiger partial charge in [0.15, 0.2) is 0 Å². The maximum Gasteiger partial charge on any atom is 0.0347 e. The van der Waals surface area contributed by atoms with Crippen molar-refractivity contribution in [1.82, 2.24) is 0 Å². The Kier molecular flexibility index (Phi) is 5.70. The molecule has 102 valence electrons. The minimum atomic E-state index is 0.0409. The summed E-state index contributed by atoms with van der Waals surface area (Å²) in [6.07, 6.45) is 0.941. The molecule has 0 aromatic heterocycles. The third kappa shape index (κ3) is 4.30. The fourth-order valence-electron chi connectivity index (χ4n) is 2.00. The molecule has 0 saturated carbocycles. The maximum atomic E-state index is 6.35. The molecule has 4 N–H and O–H groups in total. The highest BCUT2D eigenvalue weighted by atomic mass is 32.2. The molecule has 0 aliphatic heterocycles. The van der Waals surface area contributed by atoms with Crippen LogP contribution in [0.1, 0.15) is 45.7 Å². The van der Waals surface area contributed by atoms with Crippen molar-refractivity contribution in [2.75, 3.05) is 6.54 Å². The highest BCUT2D eigenvalue weighted by Crippen LogP contribution is 2.35. The lowest BCUT2D eigenvalue weighted by molar-refractivity contribution is 0.271. The average Bonchev–Trinajstić information content (AvgIpc) is 2.28. The first-order valence-electron chi connectivity index (χ1n) is 6.59. The molecule has 0 spiro atoms. The Balaban J connectivity index is 2.78. The zero-order chi connectivity index (χ0) is 13.8. The molecule has 0 fully saturated rings. The molecule has 2 nitrogen and oxygen atoms in total. The summed E-state index contributed by atoms with van der Waals surface area (Å²) in [5, 5.41) is 0.609. The molecule has 1 aromatic carbocycles. The Morgan fingerprint density at radius 3 is 2.17 bits per heavy atom. The predicted molar refractivity (Wildman–Crippen MR) is 81.8 cm³/mol. The molecule has 0 bridgehead atoms. The Labute approximate surface area is 116 Å². The van der Waals surface area contributed by atoms with Crippen molar-refractivity contribution in [2.45, 2.75) is 50.3 Å². The first-order valence-corrected chi connectivity index (χ1v) is 7.47. The average molecular weight is 266 g/mol. The third-order valence-corrected chi connectivity index (χ3v) is 4.26. The van der Waals surface area contributed by atoms with Gasteiger partial charge in [-0.25, -0.2) is 0 Å². The van der Waals surface area contributed by atoms with Crippen LogP contribution in [0.3, 0.4) is 0 Å². The van der Waals surface area contributed by atoms with E-state index in [2.05, 4.69) is 52.0 Å². The van der Waals surface area contributed by atoms with Crippen LogP contribution >= 0.6 is 11.8 Å². The Morgan fingerprint density at radius 2 is 1.72 bits per heavy atom. The fraction of sp³-hybridized carbons (Fsp3) is 0.600. The van der Waals surface area contributed by atoms with E-state index >= 15 is 0 Å². The molecule has 1 atom stereocenters. The summed E-state index contributed by atoms with van der Waals surface area (Å²) in [5.74, 6) is 0. The molecule has 1 aromatic rings. The molecule has 0 aliphatic rings. The number of hydrogen-bond donors (Lipinski definition) is 2. The fourth-order valence-corrected chi connectivity index (χ4v) is 2.84. The van der Waals surface area contributed by atoms with Crippen LogP contribution < -0.4 is 11.5 Å². The summed E-state index contributed by atoms with van der Waals surface area (Å²) in [7, 11) is 0. The van der Waals surface area contributed by atoms with Gasteiger partial charge in [0.2, 0.25) is 0 Å². The van der Waals surface area contributed by atoms with Crippen LogP contribution in [0.15, 0.2) is 29.2 Å².